The van der Waals surface area contributed by atoms with Crippen LogP contribution in [0.1, 0.15) is 23.2 Å². The van der Waals surface area contributed by atoms with Gasteiger partial charge in [-0.15, -0.1) is 0 Å². The Morgan fingerprint density at radius 2 is 2.05 bits per heavy atom. The molecule has 1 aromatic carbocycles. The quantitative estimate of drug-likeness (QED) is 0.887. The first-order chi connectivity index (χ1) is 9.17. The van der Waals surface area contributed by atoms with Crippen LogP contribution in [0, 0.1) is 5.41 Å². The summed E-state index contributed by atoms with van der Waals surface area (Å²) in [6, 6.07) is 6.93. The summed E-state index contributed by atoms with van der Waals surface area (Å²) >= 11 is 5.98. The van der Waals surface area contributed by atoms with Gasteiger partial charge >= 0.3 is 0 Å². The first-order valence-electron chi connectivity index (χ1n) is 6.38. The number of halogens is 1. The molecule has 0 spiro atoms. The van der Waals surface area contributed by atoms with E-state index in [0.29, 0.717) is 30.3 Å². The summed E-state index contributed by atoms with van der Waals surface area (Å²) in [6.45, 7) is 1.75. The molecule has 0 unspecified atom stereocenters. The first kappa shape index (κ1) is 14.3. The summed E-state index contributed by atoms with van der Waals surface area (Å²) in [7, 11) is 0. The monoisotopic (exact) mass is 283 g/mol. The molecule has 2 N–H and O–H groups in total. The van der Waals surface area contributed by atoms with Crippen LogP contribution < -0.4 is 5.32 Å². The molecule has 1 heterocycles. The summed E-state index contributed by atoms with van der Waals surface area (Å²) in [5.74, 6) is -0.204. The Morgan fingerprint density at radius 3 is 2.68 bits per heavy atom. The molecule has 0 atom stereocenters. The molecule has 0 radical (unpaired) electrons. The number of rotatable bonds is 4. The van der Waals surface area contributed by atoms with E-state index < -0.39 is 0 Å². The van der Waals surface area contributed by atoms with Gasteiger partial charge < -0.3 is 15.2 Å². The van der Waals surface area contributed by atoms with Gasteiger partial charge in [-0.1, -0.05) is 23.7 Å². The van der Waals surface area contributed by atoms with Crippen molar-refractivity contribution in [2.24, 2.45) is 5.41 Å². The van der Waals surface area contributed by atoms with E-state index in [1.807, 2.05) is 0 Å². The van der Waals surface area contributed by atoms with E-state index >= 15 is 0 Å². The highest BCUT2D eigenvalue weighted by atomic mass is 35.5. The third-order valence-corrected chi connectivity index (χ3v) is 3.96. The number of hydrogen-bond donors (Lipinski definition) is 2. The van der Waals surface area contributed by atoms with Crippen molar-refractivity contribution in [1.29, 1.82) is 0 Å². The molecule has 1 amide bonds. The van der Waals surface area contributed by atoms with Crippen molar-refractivity contribution >= 4 is 17.5 Å². The van der Waals surface area contributed by atoms with Crippen LogP contribution in [-0.2, 0) is 4.74 Å². The number of aliphatic hydroxyl groups excluding tert-OH is 1. The predicted octanol–water partition coefficient (Wildman–Crippen LogP) is 1.86. The van der Waals surface area contributed by atoms with Gasteiger partial charge in [0.05, 0.1) is 17.2 Å². The SMILES string of the molecule is O=C(NCC1(CO)CCOCC1)c1ccccc1Cl. The van der Waals surface area contributed by atoms with Crippen molar-refractivity contribution in [1.82, 2.24) is 5.32 Å². The molecule has 2 rings (SSSR count). The lowest BCUT2D eigenvalue weighted by atomic mass is 9.81. The topological polar surface area (TPSA) is 58.6 Å². The normalized spacial score (nSPS) is 18.0. The van der Waals surface area contributed by atoms with Crippen LogP contribution >= 0.6 is 11.6 Å². The largest absolute Gasteiger partial charge is 0.396 e. The minimum Gasteiger partial charge on any atom is -0.396 e. The van der Waals surface area contributed by atoms with Gasteiger partial charge in [0.15, 0.2) is 0 Å². The Hall–Kier alpha value is -1.10. The predicted molar refractivity (Wildman–Crippen MR) is 73.4 cm³/mol. The third kappa shape index (κ3) is 3.47. The van der Waals surface area contributed by atoms with E-state index in [-0.39, 0.29) is 17.9 Å². The Labute approximate surface area is 117 Å². The summed E-state index contributed by atoms with van der Waals surface area (Å²) in [6.07, 6.45) is 1.51. The Morgan fingerprint density at radius 1 is 1.37 bits per heavy atom. The molecule has 0 bridgehead atoms. The maximum Gasteiger partial charge on any atom is 0.252 e. The van der Waals surface area contributed by atoms with Crippen molar-refractivity contribution in [3.05, 3.63) is 34.9 Å². The second-order valence-electron chi connectivity index (χ2n) is 4.93. The highest BCUT2D eigenvalue weighted by molar-refractivity contribution is 6.33. The van der Waals surface area contributed by atoms with E-state index in [0.717, 1.165) is 12.8 Å². The average Bonchev–Trinajstić information content (AvgIpc) is 2.46. The lowest BCUT2D eigenvalue weighted by Gasteiger charge is -2.35. The Bertz CT molecular complexity index is 444. The lowest BCUT2D eigenvalue weighted by Crippen LogP contribution is -2.43. The fourth-order valence-electron chi connectivity index (χ4n) is 2.20. The first-order valence-corrected chi connectivity index (χ1v) is 6.76. The molecule has 5 heteroatoms. The zero-order valence-corrected chi connectivity index (χ0v) is 11.4. The van der Waals surface area contributed by atoms with Gasteiger partial charge in [0.25, 0.3) is 5.91 Å². The number of carbonyl (C=O) groups excluding carboxylic acids is 1. The van der Waals surface area contributed by atoms with Crippen molar-refractivity contribution in [3.8, 4) is 0 Å². The molecule has 0 aliphatic carbocycles. The highest BCUT2D eigenvalue weighted by Gasteiger charge is 2.32. The van der Waals surface area contributed by atoms with E-state index in [4.69, 9.17) is 16.3 Å². The number of ether oxygens (including phenoxy) is 1. The molecule has 1 aliphatic heterocycles. The minimum absolute atomic E-state index is 0.0547. The van der Waals surface area contributed by atoms with Gasteiger partial charge in [-0.3, -0.25) is 4.79 Å². The summed E-state index contributed by atoms with van der Waals surface area (Å²) in [5, 5.41) is 12.8. The second-order valence-corrected chi connectivity index (χ2v) is 5.34. The van der Waals surface area contributed by atoms with E-state index in [1.165, 1.54) is 0 Å². The molecule has 4 nitrogen and oxygen atoms in total. The lowest BCUT2D eigenvalue weighted by molar-refractivity contribution is -0.0146. The smallest absolute Gasteiger partial charge is 0.252 e. The van der Waals surface area contributed by atoms with E-state index in [1.54, 1.807) is 24.3 Å². The van der Waals surface area contributed by atoms with Crippen molar-refractivity contribution < 1.29 is 14.6 Å². The van der Waals surface area contributed by atoms with Gasteiger partial charge in [0, 0.05) is 25.2 Å². The van der Waals surface area contributed by atoms with Gasteiger partial charge in [-0.2, -0.15) is 0 Å². The van der Waals surface area contributed by atoms with Gasteiger partial charge in [-0.25, -0.2) is 0 Å². The van der Waals surface area contributed by atoms with Gasteiger partial charge in [0.2, 0.25) is 0 Å². The summed E-state index contributed by atoms with van der Waals surface area (Å²) < 4.78 is 5.29. The average molecular weight is 284 g/mol. The maximum atomic E-state index is 12.1. The molecule has 1 aliphatic rings. The Kier molecular flexibility index (Phi) is 4.80. The minimum atomic E-state index is -0.269. The van der Waals surface area contributed by atoms with E-state index in [9.17, 15) is 9.90 Å². The third-order valence-electron chi connectivity index (χ3n) is 3.63. The fraction of sp³-hybridized carbons (Fsp3) is 0.500. The zero-order valence-electron chi connectivity index (χ0n) is 10.7. The number of hydrogen-bond acceptors (Lipinski definition) is 3. The fourth-order valence-corrected chi connectivity index (χ4v) is 2.43. The number of nitrogens with one attached hydrogen (secondary N) is 1. The molecule has 19 heavy (non-hydrogen) atoms. The van der Waals surface area contributed by atoms with Crippen molar-refractivity contribution in [3.63, 3.8) is 0 Å². The van der Waals surface area contributed by atoms with Gasteiger partial charge in [0.1, 0.15) is 0 Å². The molecule has 1 aromatic rings. The van der Waals surface area contributed by atoms with Crippen LogP contribution in [0.5, 0.6) is 0 Å². The number of amides is 1. The molecule has 0 aromatic heterocycles. The van der Waals surface area contributed by atoms with Crippen LogP contribution in [-0.4, -0.2) is 37.4 Å². The summed E-state index contributed by atoms with van der Waals surface area (Å²) in [5.41, 5.74) is 0.194. The standard InChI is InChI=1S/C14H18ClNO3/c15-12-4-2-1-3-11(12)13(18)16-9-14(10-17)5-7-19-8-6-14/h1-4,17H,5-10H2,(H,16,18). The number of aliphatic hydroxyl groups is 1. The molecule has 104 valence electrons. The summed E-state index contributed by atoms with van der Waals surface area (Å²) in [4.78, 5) is 12.1. The zero-order chi connectivity index (χ0) is 13.7. The van der Waals surface area contributed by atoms with Crippen molar-refractivity contribution in [2.75, 3.05) is 26.4 Å². The molecular weight excluding hydrogens is 266 g/mol. The molecule has 0 saturated carbocycles. The molecule has 1 saturated heterocycles. The van der Waals surface area contributed by atoms with Gasteiger partial charge in [-0.05, 0) is 25.0 Å². The van der Waals surface area contributed by atoms with Crippen LogP contribution in [0.25, 0.3) is 0 Å². The number of benzene rings is 1. The van der Waals surface area contributed by atoms with E-state index in [2.05, 4.69) is 5.32 Å². The van der Waals surface area contributed by atoms with Crippen LogP contribution in [0.2, 0.25) is 5.02 Å². The van der Waals surface area contributed by atoms with Crippen LogP contribution in [0.15, 0.2) is 24.3 Å². The highest BCUT2D eigenvalue weighted by Crippen LogP contribution is 2.29. The van der Waals surface area contributed by atoms with Crippen molar-refractivity contribution in [2.45, 2.75) is 12.8 Å². The maximum absolute atomic E-state index is 12.1. The second kappa shape index (κ2) is 6.37. The number of carbonyl (C=O) groups is 1. The van der Waals surface area contributed by atoms with Crippen LogP contribution in [0.4, 0.5) is 0 Å². The molecule has 1 fully saturated rings. The van der Waals surface area contributed by atoms with Crippen LogP contribution in [0.3, 0.4) is 0 Å². The Balaban J connectivity index is 1.98. The molecular formula is C14H18ClNO3.